The Morgan fingerprint density at radius 2 is 1.60 bits per heavy atom. The molecule has 2 heterocycles. The van der Waals surface area contributed by atoms with Gasteiger partial charge in [0.1, 0.15) is 0 Å². The number of aryl methyl sites for hydroxylation is 1. The van der Waals surface area contributed by atoms with Crippen LogP contribution in [0.5, 0.6) is 0 Å². The van der Waals surface area contributed by atoms with Crippen molar-refractivity contribution < 1.29 is 13.2 Å². The van der Waals surface area contributed by atoms with Gasteiger partial charge >= 0.3 is 0 Å². The molecule has 30 heavy (non-hydrogen) atoms. The lowest BCUT2D eigenvalue weighted by Crippen LogP contribution is -2.46. The number of nitrogens with zero attached hydrogens (tertiary/aromatic N) is 3. The minimum Gasteiger partial charge on any atom is -0.379 e. The van der Waals surface area contributed by atoms with E-state index in [1.54, 1.807) is 6.07 Å². The van der Waals surface area contributed by atoms with Gasteiger partial charge in [-0.25, -0.2) is 8.42 Å². The van der Waals surface area contributed by atoms with Crippen LogP contribution < -0.4 is 4.90 Å². The SMILES string of the molecule is Cc1cccc(N2CCN(Cc3cccc(S(=O)(=O)N4CCOCC4)c3)CC2)c1C. The standard InChI is InChI=1S/C23H31N3O3S/c1-19-5-3-8-23(20(19)2)25-11-9-24(10-12-25)18-21-6-4-7-22(17-21)30(27,28)26-13-15-29-16-14-26/h3-8,17H,9-16,18H2,1-2H3. The maximum atomic E-state index is 12.9. The number of hydrogen-bond acceptors (Lipinski definition) is 5. The number of ether oxygens (including phenoxy) is 1. The second-order valence-corrected chi connectivity index (χ2v) is 10.1. The highest BCUT2D eigenvalue weighted by atomic mass is 32.2. The van der Waals surface area contributed by atoms with Crippen LogP contribution in [0.4, 0.5) is 5.69 Å². The monoisotopic (exact) mass is 429 g/mol. The molecular weight excluding hydrogens is 398 g/mol. The molecule has 2 saturated heterocycles. The third kappa shape index (κ3) is 4.54. The highest BCUT2D eigenvalue weighted by Crippen LogP contribution is 2.25. The number of piperazine rings is 1. The van der Waals surface area contributed by atoms with Gasteiger partial charge in [-0.15, -0.1) is 0 Å². The summed E-state index contributed by atoms with van der Waals surface area (Å²) in [5, 5.41) is 0. The van der Waals surface area contributed by atoms with Crippen molar-refractivity contribution in [3.63, 3.8) is 0 Å². The van der Waals surface area contributed by atoms with Crippen molar-refractivity contribution in [2.24, 2.45) is 0 Å². The zero-order valence-corrected chi connectivity index (χ0v) is 18.7. The molecule has 0 radical (unpaired) electrons. The number of hydrogen-bond donors (Lipinski definition) is 0. The lowest BCUT2D eigenvalue weighted by Gasteiger charge is -2.37. The van der Waals surface area contributed by atoms with E-state index in [9.17, 15) is 8.42 Å². The maximum absolute atomic E-state index is 12.9. The van der Waals surface area contributed by atoms with Crippen LogP contribution in [0, 0.1) is 13.8 Å². The van der Waals surface area contributed by atoms with E-state index in [4.69, 9.17) is 4.74 Å². The van der Waals surface area contributed by atoms with E-state index < -0.39 is 10.0 Å². The minimum atomic E-state index is -3.45. The van der Waals surface area contributed by atoms with Crippen molar-refractivity contribution in [3.05, 3.63) is 59.2 Å². The molecule has 6 nitrogen and oxygen atoms in total. The summed E-state index contributed by atoms with van der Waals surface area (Å²) in [5.41, 5.74) is 5.05. The number of anilines is 1. The van der Waals surface area contributed by atoms with Crippen LogP contribution in [-0.2, 0) is 21.3 Å². The predicted octanol–water partition coefficient (Wildman–Crippen LogP) is 2.65. The normalized spacial score (nSPS) is 19.2. The van der Waals surface area contributed by atoms with Gasteiger partial charge in [0.2, 0.25) is 10.0 Å². The van der Waals surface area contributed by atoms with Crippen LogP contribution in [0.3, 0.4) is 0 Å². The summed E-state index contributed by atoms with van der Waals surface area (Å²) in [6.07, 6.45) is 0. The zero-order chi connectivity index (χ0) is 21.1. The summed E-state index contributed by atoms with van der Waals surface area (Å²) < 4.78 is 32.7. The van der Waals surface area contributed by atoms with Crippen molar-refractivity contribution in [3.8, 4) is 0 Å². The Bertz CT molecular complexity index is 979. The highest BCUT2D eigenvalue weighted by Gasteiger charge is 2.26. The predicted molar refractivity (Wildman–Crippen MR) is 119 cm³/mol. The van der Waals surface area contributed by atoms with E-state index >= 15 is 0 Å². The summed E-state index contributed by atoms with van der Waals surface area (Å²) in [4.78, 5) is 5.25. The molecule has 2 fully saturated rings. The first-order valence-electron chi connectivity index (χ1n) is 10.7. The van der Waals surface area contributed by atoms with E-state index in [1.165, 1.54) is 21.1 Å². The van der Waals surface area contributed by atoms with Gasteiger partial charge in [0.05, 0.1) is 18.1 Å². The molecule has 162 valence electrons. The number of sulfonamides is 1. The molecule has 4 rings (SSSR count). The number of rotatable bonds is 5. The number of benzene rings is 2. The van der Waals surface area contributed by atoms with Crippen molar-refractivity contribution in [1.82, 2.24) is 9.21 Å². The van der Waals surface area contributed by atoms with Crippen LogP contribution in [-0.4, -0.2) is 70.1 Å². The smallest absolute Gasteiger partial charge is 0.243 e. The fraction of sp³-hybridized carbons (Fsp3) is 0.478. The maximum Gasteiger partial charge on any atom is 0.243 e. The minimum absolute atomic E-state index is 0.385. The molecule has 2 aliphatic rings. The van der Waals surface area contributed by atoms with Crippen LogP contribution in [0.2, 0.25) is 0 Å². The van der Waals surface area contributed by atoms with E-state index in [0.717, 1.165) is 38.3 Å². The second-order valence-electron chi connectivity index (χ2n) is 8.15. The molecule has 2 aromatic carbocycles. The molecule has 7 heteroatoms. The molecule has 0 bridgehead atoms. The van der Waals surface area contributed by atoms with E-state index in [1.807, 2.05) is 18.2 Å². The van der Waals surface area contributed by atoms with Crippen molar-refractivity contribution in [1.29, 1.82) is 0 Å². The second kappa shape index (κ2) is 9.06. The molecule has 0 unspecified atom stereocenters. The van der Waals surface area contributed by atoms with Crippen molar-refractivity contribution >= 4 is 15.7 Å². The van der Waals surface area contributed by atoms with Gasteiger partial charge in [-0.05, 0) is 48.7 Å². The molecule has 2 aromatic rings. The largest absolute Gasteiger partial charge is 0.379 e. The fourth-order valence-electron chi connectivity index (χ4n) is 4.22. The summed E-state index contributed by atoms with van der Waals surface area (Å²) in [6.45, 7) is 10.8. The van der Waals surface area contributed by atoms with Gasteiger partial charge in [0, 0.05) is 51.5 Å². The summed E-state index contributed by atoms with van der Waals surface area (Å²) >= 11 is 0. The first kappa shape index (κ1) is 21.3. The lowest BCUT2D eigenvalue weighted by molar-refractivity contribution is 0.0730. The third-order valence-corrected chi connectivity index (χ3v) is 8.10. The molecule has 0 N–H and O–H groups in total. The van der Waals surface area contributed by atoms with Gasteiger partial charge in [-0.3, -0.25) is 4.90 Å². The van der Waals surface area contributed by atoms with E-state index in [2.05, 4.69) is 41.8 Å². The van der Waals surface area contributed by atoms with Gasteiger partial charge in [-0.2, -0.15) is 4.31 Å². The van der Waals surface area contributed by atoms with Crippen LogP contribution in [0.25, 0.3) is 0 Å². The van der Waals surface area contributed by atoms with Crippen molar-refractivity contribution in [2.75, 3.05) is 57.4 Å². The Morgan fingerprint density at radius 1 is 0.900 bits per heavy atom. The van der Waals surface area contributed by atoms with Crippen LogP contribution >= 0.6 is 0 Å². The van der Waals surface area contributed by atoms with Crippen LogP contribution in [0.1, 0.15) is 16.7 Å². The zero-order valence-electron chi connectivity index (χ0n) is 17.9. The average Bonchev–Trinajstić information content (AvgIpc) is 2.77. The molecule has 0 aliphatic carbocycles. The lowest BCUT2D eigenvalue weighted by atomic mass is 10.1. The molecule has 2 aliphatic heterocycles. The summed E-state index contributed by atoms with van der Waals surface area (Å²) in [6, 6.07) is 13.9. The van der Waals surface area contributed by atoms with E-state index in [0.29, 0.717) is 31.2 Å². The quantitative estimate of drug-likeness (QED) is 0.731. The first-order chi connectivity index (χ1) is 14.4. The summed E-state index contributed by atoms with van der Waals surface area (Å²) in [7, 11) is -3.45. The fourth-order valence-corrected chi connectivity index (χ4v) is 5.70. The molecule has 0 amide bonds. The Morgan fingerprint density at radius 3 is 2.33 bits per heavy atom. The Labute approximate surface area is 180 Å². The Kier molecular flexibility index (Phi) is 6.43. The Hall–Kier alpha value is -1.93. The molecular formula is C23H31N3O3S. The van der Waals surface area contributed by atoms with Crippen molar-refractivity contribution in [2.45, 2.75) is 25.3 Å². The molecule has 0 atom stereocenters. The van der Waals surface area contributed by atoms with Gasteiger partial charge < -0.3 is 9.64 Å². The van der Waals surface area contributed by atoms with Crippen LogP contribution in [0.15, 0.2) is 47.4 Å². The third-order valence-electron chi connectivity index (χ3n) is 6.20. The molecule has 0 saturated carbocycles. The van der Waals surface area contributed by atoms with Gasteiger partial charge in [-0.1, -0.05) is 24.3 Å². The first-order valence-corrected chi connectivity index (χ1v) is 12.1. The number of morpholine rings is 1. The average molecular weight is 430 g/mol. The Balaban J connectivity index is 1.40. The topological polar surface area (TPSA) is 53.1 Å². The highest BCUT2D eigenvalue weighted by molar-refractivity contribution is 7.89. The molecule has 0 spiro atoms. The van der Waals surface area contributed by atoms with Gasteiger partial charge in [0.25, 0.3) is 0 Å². The molecule has 0 aromatic heterocycles. The van der Waals surface area contributed by atoms with E-state index in [-0.39, 0.29) is 0 Å². The summed E-state index contributed by atoms with van der Waals surface area (Å²) in [5.74, 6) is 0. The van der Waals surface area contributed by atoms with Gasteiger partial charge in [0.15, 0.2) is 0 Å².